The Morgan fingerprint density at radius 1 is 1.00 bits per heavy atom. The largest absolute Gasteiger partial charge is 0.453 e. The topological polar surface area (TPSA) is 66.9 Å². The normalized spacial score (nSPS) is 30.2. The van der Waals surface area contributed by atoms with E-state index in [1.54, 1.807) is 0 Å². The van der Waals surface area contributed by atoms with Gasteiger partial charge in [-0.1, -0.05) is 13.0 Å². The molecule has 1 amide bonds. The Labute approximate surface area is 289 Å². The zero-order chi connectivity index (χ0) is 35.1. The molecule has 4 fully saturated rings. The quantitative estimate of drug-likeness (QED) is 0.229. The van der Waals surface area contributed by atoms with E-state index in [4.69, 9.17) is 4.74 Å². The van der Waals surface area contributed by atoms with Crippen molar-refractivity contribution in [3.05, 3.63) is 28.8 Å². The molecule has 2 saturated carbocycles. The summed E-state index contributed by atoms with van der Waals surface area (Å²) in [6.07, 6.45) is 1.84. The van der Waals surface area contributed by atoms with Crippen LogP contribution in [0, 0.1) is 30.1 Å². The number of hydrogen-bond donors (Lipinski definition) is 0. The van der Waals surface area contributed by atoms with E-state index in [1.807, 2.05) is 17.9 Å². The number of piperidine rings is 1. The minimum atomic E-state index is -5.60. The van der Waals surface area contributed by atoms with Crippen molar-refractivity contribution >= 4 is 22.7 Å². The number of hydrogen-bond acceptors (Lipinski definition) is 5. The Hall–Kier alpha value is -2.08. The molecule has 0 aromatic heterocycles. The van der Waals surface area contributed by atoms with Gasteiger partial charge in [-0.05, 0) is 137 Å². The number of amides is 1. The number of Topliss-reactive ketones (excluding diaryl/α,β-unsaturated/α-hetero) is 1. The zero-order valence-electron chi connectivity index (χ0n) is 28.8. The fourth-order valence-electron chi connectivity index (χ4n) is 9.97. The predicted octanol–water partition coefficient (Wildman–Crippen LogP) is 8.21. The molecule has 2 heterocycles. The summed E-state index contributed by atoms with van der Waals surface area (Å²) in [5, 5.41) is 0. The van der Waals surface area contributed by atoms with Crippen LogP contribution in [0.3, 0.4) is 0 Å². The lowest BCUT2D eigenvalue weighted by Crippen LogP contribution is -2.47. The first kappa shape index (κ1) is 36.7. The standard InChI is InChI=1S/C37H51F5N2O4S/c1-24-21-29-26(23-31(24)48-34(46)44-17-11-27(12-18-44)43-15-3-4-16-43)22-25(33-28(29)10-14-35(2)30(33)8-9-32(35)45)7-5-19-49(47)20-6-13-36(38,39)37(40,41)42/h21,23,25,27-28,30,33H,3-20,22H2,1-2H3/t25-,28-,30+,33-,35+,49?/m1/s1. The molecule has 3 aliphatic carbocycles. The second-order valence-electron chi connectivity index (χ2n) is 15.6. The van der Waals surface area contributed by atoms with Crippen LogP contribution in [-0.2, 0) is 22.0 Å². The van der Waals surface area contributed by atoms with Crippen LogP contribution in [0.1, 0.15) is 107 Å². The van der Waals surface area contributed by atoms with Crippen LogP contribution in [0.5, 0.6) is 5.75 Å². The van der Waals surface area contributed by atoms with Crippen molar-refractivity contribution in [3.63, 3.8) is 0 Å². The fraction of sp³-hybridized carbons (Fsp3) is 0.784. The number of ketones is 1. The van der Waals surface area contributed by atoms with Gasteiger partial charge in [0.1, 0.15) is 11.5 Å². The second-order valence-corrected chi connectivity index (χ2v) is 17.3. The third-order valence-corrected chi connectivity index (χ3v) is 14.2. The Morgan fingerprint density at radius 2 is 1.69 bits per heavy atom. The summed E-state index contributed by atoms with van der Waals surface area (Å²) in [5.74, 6) is -2.87. The van der Waals surface area contributed by atoms with Crippen LogP contribution in [0.15, 0.2) is 12.1 Å². The molecular weight excluding hydrogens is 663 g/mol. The SMILES string of the molecule is Cc1cc2c(cc1OC(=O)N1CCC(N3CCCC3)CC1)C[C@@H](CCCS(=O)CCCC(F)(F)C(F)(F)F)[C@@H]1[C@@H]2CC[C@]2(C)C(=O)CC[C@@H]12. The number of ether oxygens (including phenoxy) is 1. The van der Waals surface area contributed by atoms with Crippen molar-refractivity contribution in [2.75, 3.05) is 37.7 Å². The van der Waals surface area contributed by atoms with Crippen LogP contribution in [0.4, 0.5) is 26.7 Å². The van der Waals surface area contributed by atoms with E-state index in [0.717, 1.165) is 69.2 Å². The maximum Gasteiger partial charge on any atom is 0.453 e. The van der Waals surface area contributed by atoms with Crippen LogP contribution in [0.2, 0.25) is 0 Å². The molecule has 1 aromatic carbocycles. The van der Waals surface area contributed by atoms with Gasteiger partial charge in [0, 0.05) is 59.7 Å². The van der Waals surface area contributed by atoms with Crippen LogP contribution in [-0.4, -0.2) is 81.7 Å². The highest BCUT2D eigenvalue weighted by Crippen LogP contribution is 2.61. The molecular formula is C37H51F5N2O4S. The van der Waals surface area contributed by atoms with Crippen molar-refractivity contribution < 1.29 is 40.5 Å². The number of nitrogens with zero attached hydrogens (tertiary/aromatic N) is 2. The van der Waals surface area contributed by atoms with E-state index in [2.05, 4.69) is 17.9 Å². The van der Waals surface area contributed by atoms with Gasteiger partial charge in [-0.15, -0.1) is 0 Å². The van der Waals surface area contributed by atoms with Gasteiger partial charge < -0.3 is 14.5 Å². The van der Waals surface area contributed by atoms with Crippen molar-refractivity contribution in [3.8, 4) is 5.75 Å². The van der Waals surface area contributed by atoms with Gasteiger partial charge in [0.15, 0.2) is 0 Å². The van der Waals surface area contributed by atoms with E-state index in [9.17, 15) is 35.8 Å². The number of halogens is 5. The smallest absolute Gasteiger partial charge is 0.410 e. The molecule has 0 spiro atoms. The molecule has 6 nitrogen and oxygen atoms in total. The molecule has 6 atom stereocenters. The third-order valence-electron chi connectivity index (χ3n) is 12.7. The second kappa shape index (κ2) is 14.5. The van der Waals surface area contributed by atoms with Crippen molar-refractivity contribution in [2.24, 2.45) is 23.2 Å². The third kappa shape index (κ3) is 7.61. The molecule has 12 heteroatoms. The summed E-state index contributed by atoms with van der Waals surface area (Å²) in [4.78, 5) is 30.8. The van der Waals surface area contributed by atoms with Gasteiger partial charge in [-0.25, -0.2) is 4.79 Å². The highest BCUT2D eigenvalue weighted by Gasteiger charge is 2.57. The summed E-state index contributed by atoms with van der Waals surface area (Å²) in [6.45, 7) is 7.75. The molecule has 0 radical (unpaired) electrons. The molecule has 0 bridgehead atoms. The van der Waals surface area contributed by atoms with Crippen molar-refractivity contribution in [1.29, 1.82) is 0 Å². The Morgan fingerprint density at radius 3 is 2.39 bits per heavy atom. The van der Waals surface area contributed by atoms with Gasteiger partial charge >= 0.3 is 18.2 Å². The zero-order valence-corrected chi connectivity index (χ0v) is 29.6. The summed E-state index contributed by atoms with van der Waals surface area (Å²) < 4.78 is 83.0. The van der Waals surface area contributed by atoms with E-state index in [0.29, 0.717) is 43.5 Å². The number of rotatable bonds is 10. The van der Waals surface area contributed by atoms with Gasteiger partial charge in [-0.3, -0.25) is 9.00 Å². The fourth-order valence-corrected chi connectivity index (χ4v) is 11.1. The Balaban J connectivity index is 1.12. The lowest BCUT2D eigenvalue weighted by molar-refractivity contribution is -0.284. The first-order chi connectivity index (χ1) is 23.2. The summed E-state index contributed by atoms with van der Waals surface area (Å²) in [6, 6.07) is 4.73. The molecule has 274 valence electrons. The average molecular weight is 715 g/mol. The first-order valence-electron chi connectivity index (χ1n) is 18.3. The molecule has 2 aliphatic heterocycles. The van der Waals surface area contributed by atoms with Gasteiger partial charge in [0.25, 0.3) is 0 Å². The number of likely N-dealkylation sites (tertiary alicyclic amines) is 2. The molecule has 6 rings (SSSR count). The number of aryl methyl sites for hydroxylation is 1. The summed E-state index contributed by atoms with van der Waals surface area (Å²) in [7, 11) is -1.50. The summed E-state index contributed by atoms with van der Waals surface area (Å²) in [5.41, 5.74) is 2.96. The minimum absolute atomic E-state index is 0.190. The molecule has 0 N–H and O–H groups in total. The van der Waals surface area contributed by atoms with Crippen molar-refractivity contribution in [2.45, 2.75) is 121 Å². The van der Waals surface area contributed by atoms with Gasteiger partial charge in [-0.2, -0.15) is 22.0 Å². The molecule has 2 saturated heterocycles. The van der Waals surface area contributed by atoms with E-state index in [1.165, 1.54) is 18.4 Å². The minimum Gasteiger partial charge on any atom is -0.410 e. The van der Waals surface area contributed by atoms with E-state index in [-0.39, 0.29) is 46.7 Å². The molecule has 49 heavy (non-hydrogen) atoms. The number of benzene rings is 1. The van der Waals surface area contributed by atoms with Crippen LogP contribution in [0.25, 0.3) is 0 Å². The molecule has 1 unspecified atom stereocenters. The molecule has 1 aromatic rings. The number of fused-ring (bicyclic) bond motifs is 5. The van der Waals surface area contributed by atoms with Crippen LogP contribution < -0.4 is 4.74 Å². The maximum absolute atomic E-state index is 13.3. The average Bonchev–Trinajstić information content (AvgIpc) is 3.69. The lowest BCUT2D eigenvalue weighted by atomic mass is 9.52. The monoisotopic (exact) mass is 714 g/mol. The van der Waals surface area contributed by atoms with Gasteiger partial charge in [0.05, 0.1) is 0 Å². The van der Waals surface area contributed by atoms with Crippen molar-refractivity contribution in [1.82, 2.24) is 9.80 Å². The summed E-state index contributed by atoms with van der Waals surface area (Å²) >= 11 is 0. The number of carbonyl (C=O) groups is 2. The number of carbonyl (C=O) groups excluding carboxylic acids is 2. The van der Waals surface area contributed by atoms with E-state index >= 15 is 0 Å². The first-order valence-corrected chi connectivity index (χ1v) is 19.8. The maximum atomic E-state index is 13.3. The lowest BCUT2D eigenvalue weighted by Gasteiger charge is -2.52. The Kier molecular flexibility index (Phi) is 10.9. The van der Waals surface area contributed by atoms with E-state index < -0.39 is 35.7 Å². The van der Waals surface area contributed by atoms with Crippen LogP contribution >= 0.6 is 0 Å². The van der Waals surface area contributed by atoms with Gasteiger partial charge in [0.2, 0.25) is 0 Å². The number of alkyl halides is 5. The Bertz CT molecular complexity index is 1410. The highest BCUT2D eigenvalue weighted by atomic mass is 32.2. The predicted molar refractivity (Wildman–Crippen MR) is 178 cm³/mol. The highest BCUT2D eigenvalue weighted by molar-refractivity contribution is 7.84. The molecule has 5 aliphatic rings.